The monoisotopic (exact) mass is 403 g/mol. The highest BCUT2D eigenvalue weighted by atomic mass is 16.5. The molecule has 0 radical (unpaired) electrons. The van der Waals surface area contributed by atoms with Crippen LogP contribution < -0.4 is 4.74 Å². The topological polar surface area (TPSA) is 68.5 Å². The van der Waals surface area contributed by atoms with Gasteiger partial charge in [-0.3, -0.25) is 4.79 Å². The Morgan fingerprint density at radius 3 is 2.63 bits per heavy atom. The molecule has 6 heteroatoms. The van der Waals surface area contributed by atoms with Crippen molar-refractivity contribution in [3.05, 3.63) is 65.5 Å². The van der Waals surface area contributed by atoms with Crippen LogP contribution in [0.3, 0.4) is 0 Å². The molecule has 0 spiro atoms. The zero-order valence-corrected chi connectivity index (χ0v) is 17.3. The molecule has 6 nitrogen and oxygen atoms in total. The van der Waals surface area contributed by atoms with Crippen LogP contribution in [-0.2, 0) is 10.2 Å². The van der Waals surface area contributed by atoms with E-state index in [-0.39, 0.29) is 11.9 Å². The van der Waals surface area contributed by atoms with Crippen LogP contribution in [0.1, 0.15) is 48.7 Å². The summed E-state index contributed by atoms with van der Waals surface area (Å²) < 4.78 is 10.9. The van der Waals surface area contributed by atoms with Crippen LogP contribution in [0.4, 0.5) is 0 Å². The fraction of sp³-hybridized carbons (Fsp3) is 0.375. The number of carbonyl (C=O) groups is 1. The molecule has 0 N–H and O–H groups in total. The zero-order valence-electron chi connectivity index (χ0n) is 17.3. The second kappa shape index (κ2) is 7.27. The number of methoxy groups -OCH3 is 1. The lowest BCUT2D eigenvalue weighted by atomic mass is 9.94. The predicted molar refractivity (Wildman–Crippen MR) is 112 cm³/mol. The van der Waals surface area contributed by atoms with Crippen LogP contribution in [0, 0.1) is 6.92 Å². The molecule has 0 bridgehead atoms. The van der Waals surface area contributed by atoms with Gasteiger partial charge in [-0.05, 0) is 55.9 Å². The van der Waals surface area contributed by atoms with Gasteiger partial charge in [0.25, 0.3) is 0 Å². The molecule has 1 saturated carbocycles. The van der Waals surface area contributed by atoms with Gasteiger partial charge in [0.05, 0.1) is 12.5 Å². The normalized spacial score (nSPS) is 19.7. The van der Waals surface area contributed by atoms with Crippen molar-refractivity contribution in [3.63, 3.8) is 0 Å². The molecule has 1 atom stereocenters. The first-order valence-electron chi connectivity index (χ1n) is 10.5. The second-order valence-electron chi connectivity index (χ2n) is 8.24. The number of carbonyl (C=O) groups excluding carboxylic acids is 1. The van der Waals surface area contributed by atoms with Crippen molar-refractivity contribution in [2.24, 2.45) is 0 Å². The Morgan fingerprint density at radius 2 is 1.93 bits per heavy atom. The molecule has 30 heavy (non-hydrogen) atoms. The Morgan fingerprint density at radius 1 is 1.17 bits per heavy atom. The van der Waals surface area contributed by atoms with E-state index in [0.717, 1.165) is 54.7 Å². The van der Waals surface area contributed by atoms with Crippen molar-refractivity contribution < 1.29 is 14.1 Å². The summed E-state index contributed by atoms with van der Waals surface area (Å²) in [5.41, 5.74) is 2.69. The minimum Gasteiger partial charge on any atom is -0.497 e. The molecule has 2 fully saturated rings. The van der Waals surface area contributed by atoms with Gasteiger partial charge in [-0.2, -0.15) is 4.98 Å². The molecule has 1 aliphatic heterocycles. The van der Waals surface area contributed by atoms with Gasteiger partial charge in [0.2, 0.25) is 17.6 Å². The van der Waals surface area contributed by atoms with Crippen molar-refractivity contribution in [1.82, 2.24) is 15.0 Å². The predicted octanol–water partition coefficient (Wildman–Crippen LogP) is 4.45. The van der Waals surface area contributed by atoms with Crippen LogP contribution in [0.2, 0.25) is 0 Å². The first kappa shape index (κ1) is 18.9. The molecule has 2 heterocycles. The SMILES string of the molecule is COc1ccc(C2(C(=O)N3CCC[C@H]3c3nc(-c4ccccc4C)no3)CC2)cc1. The summed E-state index contributed by atoms with van der Waals surface area (Å²) >= 11 is 0. The molecular weight excluding hydrogens is 378 g/mol. The average molecular weight is 403 g/mol. The maximum absolute atomic E-state index is 13.6. The van der Waals surface area contributed by atoms with E-state index in [4.69, 9.17) is 9.26 Å². The van der Waals surface area contributed by atoms with Gasteiger partial charge >= 0.3 is 0 Å². The van der Waals surface area contributed by atoms with Gasteiger partial charge in [0.1, 0.15) is 11.8 Å². The van der Waals surface area contributed by atoms with Gasteiger partial charge in [0.15, 0.2) is 0 Å². The minimum absolute atomic E-state index is 0.154. The van der Waals surface area contributed by atoms with Gasteiger partial charge in [0, 0.05) is 12.1 Å². The van der Waals surface area contributed by atoms with Crippen LogP contribution in [0.5, 0.6) is 5.75 Å². The van der Waals surface area contributed by atoms with Crippen molar-refractivity contribution >= 4 is 5.91 Å². The fourth-order valence-corrected chi connectivity index (χ4v) is 4.51. The summed E-state index contributed by atoms with van der Waals surface area (Å²) in [6.45, 7) is 2.76. The molecule has 2 aromatic carbocycles. The molecule has 5 rings (SSSR count). The van der Waals surface area contributed by atoms with Crippen molar-refractivity contribution in [2.75, 3.05) is 13.7 Å². The van der Waals surface area contributed by atoms with Crippen molar-refractivity contribution in [1.29, 1.82) is 0 Å². The first-order valence-corrected chi connectivity index (χ1v) is 10.5. The van der Waals surface area contributed by atoms with Crippen LogP contribution in [0.15, 0.2) is 53.1 Å². The Bertz CT molecular complexity index is 1070. The maximum Gasteiger partial charge on any atom is 0.249 e. The molecular formula is C24H25N3O3. The Balaban J connectivity index is 1.40. The Labute approximate surface area is 175 Å². The Hall–Kier alpha value is -3.15. The quantitative estimate of drug-likeness (QED) is 0.630. The van der Waals surface area contributed by atoms with E-state index in [1.165, 1.54) is 0 Å². The highest BCUT2D eigenvalue weighted by Crippen LogP contribution is 2.51. The van der Waals surface area contributed by atoms with Crippen LogP contribution in [-0.4, -0.2) is 34.6 Å². The van der Waals surface area contributed by atoms with E-state index in [1.807, 2.05) is 60.4 Å². The number of hydrogen-bond donors (Lipinski definition) is 0. The molecule has 2 aliphatic rings. The molecule has 1 amide bonds. The number of ether oxygens (including phenoxy) is 1. The highest BCUT2D eigenvalue weighted by Gasteiger charge is 2.55. The number of aromatic nitrogens is 2. The average Bonchev–Trinajstić information content (AvgIpc) is 3.20. The first-order chi connectivity index (χ1) is 14.6. The molecule has 1 aliphatic carbocycles. The maximum atomic E-state index is 13.6. The molecule has 1 saturated heterocycles. The molecule has 3 aromatic rings. The number of benzene rings is 2. The largest absolute Gasteiger partial charge is 0.497 e. The minimum atomic E-state index is -0.423. The van der Waals surface area contributed by atoms with E-state index < -0.39 is 5.41 Å². The summed E-state index contributed by atoms with van der Waals surface area (Å²) in [7, 11) is 1.65. The lowest BCUT2D eigenvalue weighted by Crippen LogP contribution is -2.39. The summed E-state index contributed by atoms with van der Waals surface area (Å²) in [5.74, 6) is 2.09. The van der Waals surface area contributed by atoms with E-state index in [0.29, 0.717) is 11.7 Å². The molecule has 1 aromatic heterocycles. The summed E-state index contributed by atoms with van der Waals surface area (Å²) in [5, 5.41) is 4.20. The third-order valence-electron chi connectivity index (χ3n) is 6.43. The van der Waals surface area contributed by atoms with E-state index in [9.17, 15) is 4.79 Å². The number of amides is 1. The van der Waals surface area contributed by atoms with E-state index in [1.54, 1.807) is 7.11 Å². The summed E-state index contributed by atoms with van der Waals surface area (Å²) in [6.07, 6.45) is 3.54. The number of aryl methyl sites for hydroxylation is 1. The van der Waals surface area contributed by atoms with Crippen LogP contribution >= 0.6 is 0 Å². The van der Waals surface area contributed by atoms with Gasteiger partial charge in [-0.15, -0.1) is 0 Å². The second-order valence-corrected chi connectivity index (χ2v) is 8.24. The highest BCUT2D eigenvalue weighted by molar-refractivity contribution is 5.91. The van der Waals surface area contributed by atoms with Gasteiger partial charge in [-0.25, -0.2) is 0 Å². The lowest BCUT2D eigenvalue weighted by molar-refractivity contribution is -0.135. The summed E-state index contributed by atoms with van der Waals surface area (Å²) in [6, 6.07) is 15.7. The molecule has 0 unspecified atom stereocenters. The number of nitrogens with zero attached hydrogens (tertiary/aromatic N) is 3. The van der Waals surface area contributed by atoms with Gasteiger partial charge < -0.3 is 14.2 Å². The Kier molecular flexibility index (Phi) is 4.57. The third kappa shape index (κ3) is 3.07. The smallest absolute Gasteiger partial charge is 0.249 e. The molecule has 154 valence electrons. The summed E-state index contributed by atoms with van der Waals surface area (Å²) in [4.78, 5) is 20.2. The van der Waals surface area contributed by atoms with Crippen molar-refractivity contribution in [3.8, 4) is 17.1 Å². The fourth-order valence-electron chi connectivity index (χ4n) is 4.51. The van der Waals surface area contributed by atoms with Gasteiger partial charge in [-0.1, -0.05) is 41.6 Å². The number of rotatable bonds is 5. The van der Waals surface area contributed by atoms with Crippen molar-refractivity contribution in [2.45, 2.75) is 44.1 Å². The van der Waals surface area contributed by atoms with Crippen LogP contribution in [0.25, 0.3) is 11.4 Å². The standard InChI is InChI=1S/C24H25N3O3/c1-16-6-3-4-7-19(16)21-25-22(30-26-21)20-8-5-15-27(20)23(28)24(13-14-24)17-9-11-18(29-2)12-10-17/h3-4,6-7,9-12,20H,5,8,13-15H2,1-2H3/t20-/m0/s1. The zero-order chi connectivity index (χ0) is 20.7. The third-order valence-corrected chi connectivity index (χ3v) is 6.43. The lowest BCUT2D eigenvalue weighted by Gasteiger charge is -2.27. The van der Waals surface area contributed by atoms with E-state index >= 15 is 0 Å². The number of likely N-dealkylation sites (tertiary alicyclic amines) is 1. The number of hydrogen-bond acceptors (Lipinski definition) is 5. The van der Waals surface area contributed by atoms with E-state index in [2.05, 4.69) is 10.1 Å².